The lowest BCUT2D eigenvalue weighted by Gasteiger charge is -2.05. The van der Waals surface area contributed by atoms with Gasteiger partial charge in [-0.05, 0) is 5.56 Å². The third-order valence-electron chi connectivity index (χ3n) is 3.91. The molecule has 0 aliphatic carbocycles. The number of nitro groups is 1. The molecule has 0 atom stereocenters. The van der Waals surface area contributed by atoms with Crippen molar-refractivity contribution in [3.8, 4) is 11.3 Å². The van der Waals surface area contributed by atoms with Gasteiger partial charge in [-0.1, -0.05) is 47.7 Å². The van der Waals surface area contributed by atoms with E-state index in [0.29, 0.717) is 23.4 Å². The summed E-state index contributed by atoms with van der Waals surface area (Å²) >= 11 is 0. The van der Waals surface area contributed by atoms with Crippen molar-refractivity contribution in [2.24, 2.45) is 0 Å². The van der Waals surface area contributed by atoms with Gasteiger partial charge in [0, 0.05) is 17.7 Å². The van der Waals surface area contributed by atoms with Crippen molar-refractivity contribution >= 4 is 22.8 Å². The molecule has 0 amide bonds. The molecule has 0 bridgehead atoms. The van der Waals surface area contributed by atoms with E-state index in [1.54, 1.807) is 16.8 Å². The zero-order valence-corrected chi connectivity index (χ0v) is 13.5. The number of non-ortho nitro benzene ring substituents is 1. The smallest absolute Gasteiger partial charge is 0.269 e. The molecule has 0 aliphatic heterocycles. The molecule has 4 aromatic rings. The van der Waals surface area contributed by atoms with Gasteiger partial charge in [0.1, 0.15) is 5.69 Å². The molecule has 0 aliphatic rings. The van der Waals surface area contributed by atoms with Gasteiger partial charge >= 0.3 is 0 Å². The second kappa shape index (κ2) is 6.20. The van der Waals surface area contributed by atoms with Gasteiger partial charge in [0.2, 0.25) is 5.95 Å². The van der Waals surface area contributed by atoms with Gasteiger partial charge in [-0.3, -0.25) is 10.1 Å². The fraction of sp³-hybridized carbons (Fsp3) is 0.0588. The van der Waals surface area contributed by atoms with Crippen LogP contribution in [-0.2, 0) is 6.54 Å². The Morgan fingerprint density at radius 1 is 1.04 bits per heavy atom. The number of nitrogens with two attached hydrogens (primary N) is 1. The molecule has 0 spiro atoms. The molecule has 0 saturated heterocycles. The molecular weight excluding hydrogens is 334 g/mol. The van der Waals surface area contributed by atoms with Crippen LogP contribution in [0.3, 0.4) is 0 Å². The molecular formula is C17H13N7O2. The fourth-order valence-corrected chi connectivity index (χ4v) is 2.67. The minimum atomic E-state index is -0.436. The van der Waals surface area contributed by atoms with Gasteiger partial charge in [-0.25, -0.2) is 9.67 Å². The zero-order valence-electron chi connectivity index (χ0n) is 13.5. The number of fused-ring (bicyclic) bond motifs is 1. The van der Waals surface area contributed by atoms with E-state index in [1.807, 2.05) is 30.3 Å². The number of hydrogen-bond acceptors (Lipinski definition) is 7. The number of anilines is 1. The highest BCUT2D eigenvalue weighted by molar-refractivity contribution is 5.87. The Balaban J connectivity index is 1.75. The minimum Gasteiger partial charge on any atom is -0.368 e. The largest absolute Gasteiger partial charge is 0.368 e. The minimum absolute atomic E-state index is 0.0372. The highest BCUT2D eigenvalue weighted by Gasteiger charge is 2.15. The SMILES string of the molecule is Nc1nc(-c2ccccc2)c2nnn(Cc3ccc([N+](=O)[O-])cc3)c2n1. The van der Waals surface area contributed by atoms with Crippen molar-refractivity contribution in [2.75, 3.05) is 5.73 Å². The van der Waals surface area contributed by atoms with Crippen LogP contribution >= 0.6 is 0 Å². The molecule has 0 radical (unpaired) electrons. The lowest BCUT2D eigenvalue weighted by Crippen LogP contribution is -2.05. The normalized spacial score (nSPS) is 10.9. The molecule has 2 aromatic carbocycles. The van der Waals surface area contributed by atoms with Crippen molar-refractivity contribution in [3.05, 3.63) is 70.3 Å². The van der Waals surface area contributed by atoms with Crippen LogP contribution < -0.4 is 5.73 Å². The number of hydrogen-bond donors (Lipinski definition) is 1. The Bertz CT molecular complexity index is 1090. The van der Waals surface area contributed by atoms with Gasteiger partial charge in [0.05, 0.1) is 11.5 Å². The standard InChI is InChI=1S/C17H13N7O2/c18-17-19-14(12-4-2-1-3-5-12)15-16(20-17)23(22-21-15)10-11-6-8-13(9-7-11)24(25)26/h1-9H,10H2,(H2,18,19,20). The molecule has 128 valence electrons. The fourth-order valence-electron chi connectivity index (χ4n) is 2.67. The summed E-state index contributed by atoms with van der Waals surface area (Å²) in [6, 6.07) is 15.8. The van der Waals surface area contributed by atoms with Crippen LogP contribution in [0.25, 0.3) is 22.4 Å². The third kappa shape index (κ3) is 2.81. The van der Waals surface area contributed by atoms with Crippen LogP contribution in [0.5, 0.6) is 0 Å². The molecule has 0 saturated carbocycles. The maximum Gasteiger partial charge on any atom is 0.269 e. The van der Waals surface area contributed by atoms with Gasteiger partial charge in [-0.15, -0.1) is 5.10 Å². The van der Waals surface area contributed by atoms with E-state index in [2.05, 4.69) is 20.3 Å². The van der Waals surface area contributed by atoms with Crippen LogP contribution in [0.15, 0.2) is 54.6 Å². The maximum absolute atomic E-state index is 10.8. The lowest BCUT2D eigenvalue weighted by atomic mass is 10.1. The number of nitro benzene ring substituents is 1. The molecule has 4 rings (SSSR count). The number of benzene rings is 2. The number of nitrogens with zero attached hydrogens (tertiary/aromatic N) is 6. The monoisotopic (exact) mass is 347 g/mol. The Labute approximate surface area is 147 Å². The maximum atomic E-state index is 10.8. The van der Waals surface area contributed by atoms with Crippen molar-refractivity contribution in [2.45, 2.75) is 6.54 Å². The number of aromatic nitrogens is 5. The third-order valence-corrected chi connectivity index (χ3v) is 3.91. The average Bonchev–Trinajstić information content (AvgIpc) is 3.05. The predicted octanol–water partition coefficient (Wildman–Crippen LogP) is 2.43. The number of rotatable bonds is 4. The predicted molar refractivity (Wildman–Crippen MR) is 95.2 cm³/mol. The first-order valence-electron chi connectivity index (χ1n) is 7.77. The zero-order chi connectivity index (χ0) is 18.1. The lowest BCUT2D eigenvalue weighted by molar-refractivity contribution is -0.384. The van der Waals surface area contributed by atoms with E-state index in [1.165, 1.54) is 12.1 Å². The second-order valence-electron chi connectivity index (χ2n) is 5.64. The van der Waals surface area contributed by atoms with Gasteiger partial charge in [0.25, 0.3) is 5.69 Å². The molecule has 2 aromatic heterocycles. The van der Waals surface area contributed by atoms with E-state index in [9.17, 15) is 10.1 Å². The molecule has 0 fully saturated rings. The van der Waals surface area contributed by atoms with E-state index in [-0.39, 0.29) is 11.6 Å². The van der Waals surface area contributed by atoms with Crippen molar-refractivity contribution < 1.29 is 4.92 Å². The van der Waals surface area contributed by atoms with Gasteiger partial charge in [0.15, 0.2) is 11.2 Å². The first-order valence-corrected chi connectivity index (χ1v) is 7.77. The number of nitrogen functional groups attached to an aromatic ring is 1. The molecule has 2 heterocycles. The summed E-state index contributed by atoms with van der Waals surface area (Å²) in [5, 5.41) is 19.1. The molecule has 9 nitrogen and oxygen atoms in total. The van der Waals surface area contributed by atoms with Crippen LogP contribution in [0.2, 0.25) is 0 Å². The summed E-state index contributed by atoms with van der Waals surface area (Å²) in [6.45, 7) is 0.360. The summed E-state index contributed by atoms with van der Waals surface area (Å²) < 4.78 is 1.60. The highest BCUT2D eigenvalue weighted by atomic mass is 16.6. The topological polar surface area (TPSA) is 126 Å². The van der Waals surface area contributed by atoms with Crippen molar-refractivity contribution in [3.63, 3.8) is 0 Å². The van der Waals surface area contributed by atoms with E-state index in [4.69, 9.17) is 5.73 Å². The van der Waals surface area contributed by atoms with Crippen molar-refractivity contribution in [1.29, 1.82) is 0 Å². The summed E-state index contributed by atoms with van der Waals surface area (Å²) in [7, 11) is 0. The van der Waals surface area contributed by atoms with Crippen LogP contribution in [0.1, 0.15) is 5.56 Å². The van der Waals surface area contributed by atoms with Gasteiger partial charge in [-0.2, -0.15) is 4.98 Å². The summed E-state index contributed by atoms with van der Waals surface area (Å²) in [6.07, 6.45) is 0. The van der Waals surface area contributed by atoms with Crippen LogP contribution in [-0.4, -0.2) is 29.9 Å². The van der Waals surface area contributed by atoms with Crippen molar-refractivity contribution in [1.82, 2.24) is 25.0 Å². The molecule has 9 heteroatoms. The molecule has 26 heavy (non-hydrogen) atoms. The van der Waals surface area contributed by atoms with E-state index >= 15 is 0 Å². The first kappa shape index (κ1) is 15.6. The summed E-state index contributed by atoms with van der Waals surface area (Å²) in [4.78, 5) is 18.9. The Kier molecular flexibility index (Phi) is 3.73. The molecule has 0 unspecified atom stereocenters. The quantitative estimate of drug-likeness (QED) is 0.444. The Hall–Kier alpha value is -3.88. The van der Waals surface area contributed by atoms with E-state index < -0.39 is 4.92 Å². The van der Waals surface area contributed by atoms with Crippen LogP contribution in [0.4, 0.5) is 11.6 Å². The summed E-state index contributed by atoms with van der Waals surface area (Å²) in [5.41, 5.74) is 9.28. The first-order chi connectivity index (χ1) is 12.6. The Morgan fingerprint density at radius 3 is 2.46 bits per heavy atom. The van der Waals surface area contributed by atoms with E-state index in [0.717, 1.165) is 11.1 Å². The Morgan fingerprint density at radius 2 is 1.77 bits per heavy atom. The second-order valence-corrected chi connectivity index (χ2v) is 5.64. The average molecular weight is 347 g/mol. The van der Waals surface area contributed by atoms with Crippen LogP contribution in [0, 0.1) is 10.1 Å². The van der Waals surface area contributed by atoms with Gasteiger partial charge < -0.3 is 5.73 Å². The summed E-state index contributed by atoms with van der Waals surface area (Å²) in [5.74, 6) is 0.128. The molecule has 2 N–H and O–H groups in total. The highest BCUT2D eigenvalue weighted by Crippen LogP contribution is 2.25.